The summed E-state index contributed by atoms with van der Waals surface area (Å²) in [6.07, 6.45) is 1.77. The molecule has 98 valence electrons. The quantitative estimate of drug-likeness (QED) is 0.846. The molecule has 1 aromatic carbocycles. The van der Waals surface area contributed by atoms with Gasteiger partial charge in [-0.25, -0.2) is 0 Å². The topological polar surface area (TPSA) is 50.9 Å². The smallest absolute Gasteiger partial charge is 0.105 e. The molecule has 1 atom stereocenters. The number of hydrogen-bond donors (Lipinski definition) is 2. The molecule has 2 aromatic rings. The van der Waals surface area contributed by atoms with Gasteiger partial charge in [0.2, 0.25) is 0 Å². The number of aromatic nitrogens is 1. The van der Waals surface area contributed by atoms with E-state index in [4.69, 9.17) is 29.6 Å². The Labute approximate surface area is 122 Å². The molecule has 3 N–H and O–H groups in total. The van der Waals surface area contributed by atoms with Crippen LogP contribution in [0.2, 0.25) is 5.02 Å². The Bertz CT molecular complexity index is 586. The zero-order valence-electron chi connectivity index (χ0n) is 10.4. The third kappa shape index (κ3) is 3.43. The number of thiocarbonyl (C=S) groups is 1. The van der Waals surface area contributed by atoms with Crippen molar-refractivity contribution < 1.29 is 0 Å². The predicted octanol–water partition coefficient (Wildman–Crippen LogP) is 3.54. The fourth-order valence-corrected chi connectivity index (χ4v) is 2.28. The van der Waals surface area contributed by atoms with Gasteiger partial charge in [-0.05, 0) is 37.3 Å². The van der Waals surface area contributed by atoms with Gasteiger partial charge >= 0.3 is 0 Å². The van der Waals surface area contributed by atoms with E-state index in [9.17, 15) is 0 Å². The fourth-order valence-electron chi connectivity index (χ4n) is 1.76. The zero-order valence-corrected chi connectivity index (χ0v) is 12.0. The third-order valence-electron chi connectivity index (χ3n) is 2.75. The number of nitrogens with zero attached hydrogens (tertiary/aromatic N) is 1. The van der Waals surface area contributed by atoms with Gasteiger partial charge in [0.05, 0.1) is 16.8 Å². The van der Waals surface area contributed by atoms with Crippen molar-refractivity contribution >= 4 is 34.5 Å². The molecule has 0 aliphatic rings. The maximum absolute atomic E-state index is 6.13. The maximum atomic E-state index is 6.13. The number of nitrogens with one attached hydrogen (secondary N) is 1. The number of benzene rings is 1. The van der Waals surface area contributed by atoms with Crippen LogP contribution in [0.3, 0.4) is 0 Å². The van der Waals surface area contributed by atoms with E-state index in [0.29, 0.717) is 15.6 Å². The van der Waals surface area contributed by atoms with Crippen molar-refractivity contribution in [3.8, 4) is 0 Å². The second-order valence-corrected chi connectivity index (χ2v) is 5.03. The van der Waals surface area contributed by atoms with Gasteiger partial charge in [-0.2, -0.15) is 0 Å². The molecular formula is C14H14ClN3S. The van der Waals surface area contributed by atoms with Crippen molar-refractivity contribution in [2.75, 3.05) is 5.32 Å². The summed E-state index contributed by atoms with van der Waals surface area (Å²) >= 11 is 11.1. The van der Waals surface area contributed by atoms with Crippen LogP contribution in [-0.2, 0) is 0 Å². The summed E-state index contributed by atoms with van der Waals surface area (Å²) in [5.74, 6) is 0. The second-order valence-electron chi connectivity index (χ2n) is 4.18. The SMILES string of the molecule is CC(Nc1ccc(C(N)=S)c(Cl)c1)c1ccccn1. The Hall–Kier alpha value is -1.65. The molecule has 0 amide bonds. The Kier molecular flexibility index (Phi) is 4.35. The summed E-state index contributed by atoms with van der Waals surface area (Å²) in [7, 11) is 0. The standard InChI is InChI=1S/C14H14ClN3S/c1-9(13-4-2-3-7-17-13)18-10-5-6-11(14(16)19)12(15)8-10/h2-9,18H,1H3,(H2,16,19). The lowest BCUT2D eigenvalue weighted by molar-refractivity contribution is 0.839. The van der Waals surface area contributed by atoms with Gasteiger partial charge in [-0.3, -0.25) is 4.98 Å². The molecule has 0 radical (unpaired) electrons. The van der Waals surface area contributed by atoms with Gasteiger partial charge in [-0.15, -0.1) is 0 Å². The van der Waals surface area contributed by atoms with Crippen LogP contribution in [-0.4, -0.2) is 9.97 Å². The van der Waals surface area contributed by atoms with E-state index >= 15 is 0 Å². The first-order valence-corrected chi connectivity index (χ1v) is 6.63. The monoisotopic (exact) mass is 291 g/mol. The normalized spacial score (nSPS) is 11.9. The highest BCUT2D eigenvalue weighted by molar-refractivity contribution is 7.80. The number of anilines is 1. The summed E-state index contributed by atoms with van der Waals surface area (Å²) in [6.45, 7) is 2.04. The maximum Gasteiger partial charge on any atom is 0.105 e. The van der Waals surface area contributed by atoms with Crippen molar-refractivity contribution in [3.63, 3.8) is 0 Å². The van der Waals surface area contributed by atoms with Crippen molar-refractivity contribution in [3.05, 3.63) is 58.9 Å². The van der Waals surface area contributed by atoms with Crippen molar-refractivity contribution in [1.82, 2.24) is 4.98 Å². The van der Waals surface area contributed by atoms with Crippen molar-refractivity contribution in [2.45, 2.75) is 13.0 Å². The Morgan fingerprint density at radius 1 is 1.37 bits per heavy atom. The Morgan fingerprint density at radius 2 is 2.16 bits per heavy atom. The molecule has 0 saturated heterocycles. The molecular weight excluding hydrogens is 278 g/mol. The highest BCUT2D eigenvalue weighted by atomic mass is 35.5. The molecule has 19 heavy (non-hydrogen) atoms. The lowest BCUT2D eigenvalue weighted by atomic mass is 10.1. The van der Waals surface area contributed by atoms with Crippen LogP contribution in [0.5, 0.6) is 0 Å². The van der Waals surface area contributed by atoms with Crippen LogP contribution in [0.25, 0.3) is 0 Å². The molecule has 0 bridgehead atoms. The Morgan fingerprint density at radius 3 is 2.74 bits per heavy atom. The number of pyridine rings is 1. The van der Waals surface area contributed by atoms with E-state index in [1.807, 2.05) is 43.3 Å². The summed E-state index contributed by atoms with van der Waals surface area (Å²) < 4.78 is 0. The highest BCUT2D eigenvalue weighted by Gasteiger charge is 2.08. The fraction of sp³-hybridized carbons (Fsp3) is 0.143. The average molecular weight is 292 g/mol. The first-order valence-electron chi connectivity index (χ1n) is 5.84. The Balaban J connectivity index is 2.16. The van der Waals surface area contributed by atoms with Gasteiger partial charge in [0.15, 0.2) is 0 Å². The lowest BCUT2D eigenvalue weighted by Gasteiger charge is -2.15. The molecule has 0 aliphatic carbocycles. The van der Waals surface area contributed by atoms with E-state index in [2.05, 4.69) is 10.3 Å². The van der Waals surface area contributed by atoms with E-state index in [1.54, 1.807) is 6.20 Å². The number of hydrogen-bond acceptors (Lipinski definition) is 3. The van der Waals surface area contributed by atoms with Crippen molar-refractivity contribution in [1.29, 1.82) is 0 Å². The molecule has 0 aliphatic heterocycles. The molecule has 1 aromatic heterocycles. The predicted molar refractivity (Wildman–Crippen MR) is 83.6 cm³/mol. The summed E-state index contributed by atoms with van der Waals surface area (Å²) in [5.41, 5.74) is 8.14. The molecule has 3 nitrogen and oxygen atoms in total. The average Bonchev–Trinajstić information content (AvgIpc) is 2.39. The first-order chi connectivity index (χ1) is 9.08. The van der Waals surface area contributed by atoms with Crippen LogP contribution in [0.4, 0.5) is 5.69 Å². The second kappa shape index (κ2) is 5.99. The molecule has 0 saturated carbocycles. The van der Waals surface area contributed by atoms with E-state index in [0.717, 1.165) is 11.4 Å². The molecule has 5 heteroatoms. The molecule has 0 spiro atoms. The minimum atomic E-state index is 0.0907. The van der Waals surface area contributed by atoms with Gasteiger partial charge in [0.25, 0.3) is 0 Å². The van der Waals surface area contributed by atoms with E-state index < -0.39 is 0 Å². The van der Waals surface area contributed by atoms with Crippen molar-refractivity contribution in [2.24, 2.45) is 5.73 Å². The summed E-state index contributed by atoms with van der Waals surface area (Å²) in [4.78, 5) is 4.61. The van der Waals surface area contributed by atoms with Gasteiger partial charge in [0, 0.05) is 17.4 Å². The van der Waals surface area contributed by atoms with Crippen LogP contribution in [0.1, 0.15) is 24.2 Å². The summed E-state index contributed by atoms with van der Waals surface area (Å²) in [6, 6.07) is 11.5. The van der Waals surface area contributed by atoms with Gasteiger partial charge < -0.3 is 11.1 Å². The lowest BCUT2D eigenvalue weighted by Crippen LogP contribution is -2.11. The number of halogens is 1. The molecule has 1 heterocycles. The van der Waals surface area contributed by atoms with E-state index in [1.165, 1.54) is 0 Å². The largest absolute Gasteiger partial charge is 0.389 e. The highest BCUT2D eigenvalue weighted by Crippen LogP contribution is 2.24. The van der Waals surface area contributed by atoms with Crippen LogP contribution >= 0.6 is 23.8 Å². The third-order valence-corrected chi connectivity index (χ3v) is 3.28. The van der Waals surface area contributed by atoms with Gasteiger partial charge in [0.1, 0.15) is 4.99 Å². The molecule has 1 unspecified atom stereocenters. The zero-order chi connectivity index (χ0) is 13.8. The summed E-state index contributed by atoms with van der Waals surface area (Å²) in [5, 5.41) is 3.88. The first kappa shape index (κ1) is 13.8. The molecule has 0 fully saturated rings. The van der Waals surface area contributed by atoms with Crippen LogP contribution in [0.15, 0.2) is 42.6 Å². The van der Waals surface area contributed by atoms with Crippen LogP contribution < -0.4 is 11.1 Å². The molecule has 2 rings (SSSR count). The number of rotatable bonds is 4. The van der Waals surface area contributed by atoms with Gasteiger partial charge in [-0.1, -0.05) is 29.9 Å². The minimum absolute atomic E-state index is 0.0907. The van der Waals surface area contributed by atoms with E-state index in [-0.39, 0.29) is 6.04 Å². The number of nitrogens with two attached hydrogens (primary N) is 1. The van der Waals surface area contributed by atoms with Crippen LogP contribution in [0, 0.1) is 0 Å². The minimum Gasteiger partial charge on any atom is -0.389 e.